The number of hydrogen-bond acceptors (Lipinski definition) is 5. The van der Waals surface area contributed by atoms with Crippen molar-refractivity contribution in [2.45, 2.75) is 45.1 Å². The number of tetrazole rings is 1. The Morgan fingerprint density at radius 3 is 2.74 bits per heavy atom. The van der Waals surface area contributed by atoms with Crippen molar-refractivity contribution in [3.05, 3.63) is 5.82 Å². The smallest absolute Gasteiger partial charge is 0.305 e. The predicted octanol–water partition coefficient (Wildman–Crippen LogP) is 1.24. The van der Waals surface area contributed by atoms with Gasteiger partial charge in [-0.15, -0.1) is 5.10 Å². The largest absolute Gasteiger partial charge is 0.481 e. The van der Waals surface area contributed by atoms with E-state index in [4.69, 9.17) is 9.84 Å². The van der Waals surface area contributed by atoms with Crippen molar-refractivity contribution in [3.63, 3.8) is 0 Å². The van der Waals surface area contributed by atoms with Gasteiger partial charge in [-0.25, -0.2) is 4.68 Å². The molecule has 0 saturated carbocycles. The molecule has 0 aromatic carbocycles. The summed E-state index contributed by atoms with van der Waals surface area (Å²) in [5.74, 6) is 0.396. The number of nitrogens with zero attached hydrogens (tertiary/aromatic N) is 4. The van der Waals surface area contributed by atoms with Crippen LogP contribution in [0.4, 0.5) is 0 Å². The van der Waals surface area contributed by atoms with E-state index < -0.39 is 5.97 Å². The lowest BCUT2D eigenvalue weighted by molar-refractivity contribution is -0.138. The molecule has 0 spiro atoms. The van der Waals surface area contributed by atoms with Gasteiger partial charge in [0, 0.05) is 19.1 Å². The maximum atomic E-state index is 11.0. The van der Waals surface area contributed by atoms with E-state index in [9.17, 15) is 4.79 Å². The minimum atomic E-state index is -0.827. The normalized spacial score (nSPS) is 18.7. The van der Waals surface area contributed by atoms with Crippen LogP contribution in [-0.4, -0.2) is 44.5 Å². The molecule has 0 aliphatic carbocycles. The van der Waals surface area contributed by atoms with E-state index in [0.717, 1.165) is 18.7 Å². The molecule has 1 N–H and O–H groups in total. The van der Waals surface area contributed by atoms with Crippen molar-refractivity contribution < 1.29 is 14.6 Å². The number of carbonyl (C=O) groups is 1. The second kappa shape index (κ2) is 6.10. The summed E-state index contributed by atoms with van der Waals surface area (Å²) in [6.07, 6.45) is 1.81. The maximum Gasteiger partial charge on any atom is 0.305 e. The highest BCUT2D eigenvalue weighted by Crippen LogP contribution is 2.29. The summed E-state index contributed by atoms with van der Waals surface area (Å²) in [6, 6.07) is -0.203. The molecule has 106 valence electrons. The highest BCUT2D eigenvalue weighted by atomic mass is 16.5. The quantitative estimate of drug-likeness (QED) is 0.864. The molecular weight excluding hydrogens is 248 g/mol. The summed E-state index contributed by atoms with van der Waals surface area (Å²) in [5, 5.41) is 20.9. The molecule has 1 unspecified atom stereocenters. The van der Waals surface area contributed by atoms with E-state index in [-0.39, 0.29) is 24.3 Å². The lowest BCUT2D eigenvalue weighted by Crippen LogP contribution is -2.25. The Morgan fingerprint density at radius 2 is 2.16 bits per heavy atom. The zero-order valence-corrected chi connectivity index (χ0v) is 11.3. The number of carboxylic acids is 1. The number of hydrogen-bond donors (Lipinski definition) is 1. The van der Waals surface area contributed by atoms with Gasteiger partial charge in [0.15, 0.2) is 5.82 Å². The molecule has 1 atom stereocenters. The minimum absolute atomic E-state index is 0.0406. The molecule has 19 heavy (non-hydrogen) atoms. The zero-order chi connectivity index (χ0) is 13.8. The Kier molecular flexibility index (Phi) is 4.47. The van der Waals surface area contributed by atoms with E-state index in [1.54, 1.807) is 4.68 Å². The molecule has 1 aromatic heterocycles. The van der Waals surface area contributed by atoms with Gasteiger partial charge >= 0.3 is 5.97 Å². The van der Waals surface area contributed by atoms with E-state index in [2.05, 4.69) is 15.5 Å². The highest BCUT2D eigenvalue weighted by molar-refractivity contribution is 5.67. The second-order valence-corrected chi connectivity index (χ2v) is 5.28. The van der Waals surface area contributed by atoms with Gasteiger partial charge < -0.3 is 9.84 Å². The standard InChI is InChI=1S/C12H20N4O3/c1-8(2)10(7-11(17)18)16-12(13-14-15-16)9-3-5-19-6-4-9/h8-10H,3-7H2,1-2H3,(H,17,18). The van der Waals surface area contributed by atoms with Gasteiger partial charge in [-0.3, -0.25) is 4.79 Å². The summed E-state index contributed by atoms with van der Waals surface area (Å²) in [6.45, 7) is 5.40. The van der Waals surface area contributed by atoms with Crippen LogP contribution in [0.3, 0.4) is 0 Å². The number of aromatic nitrogens is 4. The van der Waals surface area contributed by atoms with E-state index in [1.807, 2.05) is 13.8 Å². The van der Waals surface area contributed by atoms with Gasteiger partial charge in [-0.1, -0.05) is 13.8 Å². The molecule has 7 nitrogen and oxygen atoms in total. The van der Waals surface area contributed by atoms with Crippen LogP contribution >= 0.6 is 0 Å². The minimum Gasteiger partial charge on any atom is -0.481 e. The van der Waals surface area contributed by atoms with Crippen LogP contribution in [0.25, 0.3) is 0 Å². The average molecular weight is 268 g/mol. The first-order chi connectivity index (χ1) is 9.09. The van der Waals surface area contributed by atoms with Crippen molar-refractivity contribution in [3.8, 4) is 0 Å². The van der Waals surface area contributed by atoms with Crippen molar-refractivity contribution >= 4 is 5.97 Å². The maximum absolute atomic E-state index is 11.0. The van der Waals surface area contributed by atoms with Crippen molar-refractivity contribution in [1.29, 1.82) is 0 Å². The molecule has 1 aliphatic heterocycles. The summed E-state index contributed by atoms with van der Waals surface area (Å²) >= 11 is 0. The van der Waals surface area contributed by atoms with E-state index >= 15 is 0 Å². The first kappa shape index (κ1) is 13.9. The third kappa shape index (κ3) is 3.28. The molecule has 1 aliphatic rings. The number of rotatable bonds is 5. The summed E-state index contributed by atoms with van der Waals surface area (Å²) in [5.41, 5.74) is 0. The molecule has 0 bridgehead atoms. The van der Waals surface area contributed by atoms with Gasteiger partial charge in [0.25, 0.3) is 0 Å². The molecular formula is C12H20N4O3. The van der Waals surface area contributed by atoms with Gasteiger partial charge in [0.1, 0.15) is 0 Å². The Balaban J connectivity index is 2.22. The molecule has 2 rings (SSSR count). The second-order valence-electron chi connectivity index (χ2n) is 5.28. The van der Waals surface area contributed by atoms with Gasteiger partial charge in [0.05, 0.1) is 12.5 Å². The van der Waals surface area contributed by atoms with Gasteiger partial charge in [-0.05, 0) is 29.2 Å². The molecule has 1 aromatic rings. The molecule has 1 fully saturated rings. The monoisotopic (exact) mass is 268 g/mol. The fourth-order valence-electron chi connectivity index (χ4n) is 2.44. The number of ether oxygens (including phenoxy) is 1. The van der Waals surface area contributed by atoms with E-state index in [0.29, 0.717) is 13.2 Å². The van der Waals surface area contributed by atoms with Crippen LogP contribution in [0.15, 0.2) is 0 Å². The van der Waals surface area contributed by atoms with Crippen LogP contribution in [0.2, 0.25) is 0 Å². The Morgan fingerprint density at radius 1 is 1.47 bits per heavy atom. The Labute approximate surface area is 111 Å². The molecule has 0 amide bonds. The Bertz CT molecular complexity index is 426. The first-order valence-corrected chi connectivity index (χ1v) is 6.67. The van der Waals surface area contributed by atoms with E-state index in [1.165, 1.54) is 0 Å². The van der Waals surface area contributed by atoms with Crippen LogP contribution in [0.1, 0.15) is 50.9 Å². The fourth-order valence-corrected chi connectivity index (χ4v) is 2.44. The molecule has 7 heteroatoms. The van der Waals surface area contributed by atoms with Crippen LogP contribution in [0, 0.1) is 5.92 Å². The average Bonchev–Trinajstić information content (AvgIpc) is 2.85. The Hall–Kier alpha value is -1.50. The lowest BCUT2D eigenvalue weighted by atomic mass is 9.97. The number of carboxylic acid groups (broad SMARTS) is 1. The van der Waals surface area contributed by atoms with Crippen molar-refractivity contribution in [2.75, 3.05) is 13.2 Å². The summed E-state index contributed by atoms with van der Waals surface area (Å²) in [7, 11) is 0. The van der Waals surface area contributed by atoms with Crippen molar-refractivity contribution in [1.82, 2.24) is 20.2 Å². The van der Waals surface area contributed by atoms with Crippen LogP contribution < -0.4 is 0 Å². The van der Waals surface area contributed by atoms with Gasteiger partial charge in [0.2, 0.25) is 0 Å². The molecule has 1 saturated heterocycles. The summed E-state index contributed by atoms with van der Waals surface area (Å²) in [4.78, 5) is 11.0. The van der Waals surface area contributed by atoms with Crippen LogP contribution in [0.5, 0.6) is 0 Å². The first-order valence-electron chi connectivity index (χ1n) is 6.67. The third-order valence-electron chi connectivity index (χ3n) is 3.57. The van der Waals surface area contributed by atoms with Gasteiger partial charge in [-0.2, -0.15) is 0 Å². The van der Waals surface area contributed by atoms with Crippen LogP contribution in [-0.2, 0) is 9.53 Å². The molecule has 0 radical (unpaired) electrons. The number of aliphatic carboxylic acids is 1. The predicted molar refractivity (Wildman–Crippen MR) is 66.7 cm³/mol. The fraction of sp³-hybridized carbons (Fsp3) is 0.833. The highest BCUT2D eigenvalue weighted by Gasteiger charge is 2.28. The van der Waals surface area contributed by atoms with Crippen molar-refractivity contribution in [2.24, 2.45) is 5.92 Å². The topological polar surface area (TPSA) is 90.1 Å². The molecule has 2 heterocycles. The summed E-state index contributed by atoms with van der Waals surface area (Å²) < 4.78 is 7.04. The third-order valence-corrected chi connectivity index (χ3v) is 3.57. The zero-order valence-electron chi connectivity index (χ0n) is 11.3. The SMILES string of the molecule is CC(C)C(CC(=O)O)n1nnnc1C1CCOCC1. The lowest BCUT2D eigenvalue weighted by Gasteiger charge is -2.25.